The first-order valence-corrected chi connectivity index (χ1v) is 9.53. The second kappa shape index (κ2) is 9.87. The fraction of sp³-hybridized carbons (Fsp3) is 0.364. The molecule has 2 rings (SSSR count). The van der Waals surface area contributed by atoms with E-state index in [-0.39, 0.29) is 30.3 Å². The number of amides is 2. The van der Waals surface area contributed by atoms with E-state index in [1.54, 1.807) is 24.3 Å². The van der Waals surface area contributed by atoms with Gasteiger partial charge in [-0.25, -0.2) is 0 Å². The van der Waals surface area contributed by atoms with Gasteiger partial charge in [0.05, 0.1) is 13.5 Å². The third-order valence-corrected chi connectivity index (χ3v) is 4.09. The van der Waals surface area contributed by atoms with Crippen molar-refractivity contribution in [2.24, 2.45) is 0 Å². The number of ether oxygens (including phenoxy) is 1. The number of carboxylic acids is 1. The number of aromatic nitrogens is 1. The van der Waals surface area contributed by atoms with Crippen LogP contribution in [0.25, 0.3) is 0 Å². The number of benzene rings is 1. The zero-order valence-electron chi connectivity index (χ0n) is 17.6. The van der Waals surface area contributed by atoms with E-state index in [9.17, 15) is 14.4 Å². The molecule has 8 nitrogen and oxygen atoms in total. The summed E-state index contributed by atoms with van der Waals surface area (Å²) in [4.78, 5) is 39.7. The molecule has 0 aliphatic heterocycles. The van der Waals surface area contributed by atoms with Crippen LogP contribution < -0.4 is 15.4 Å². The summed E-state index contributed by atoms with van der Waals surface area (Å²) in [5, 5.41) is 14.4. The van der Waals surface area contributed by atoms with E-state index < -0.39 is 11.5 Å². The molecule has 0 spiro atoms. The molecule has 0 saturated heterocycles. The van der Waals surface area contributed by atoms with Crippen LogP contribution in [0.2, 0.25) is 0 Å². The standard InChI is InChI=1S/C22H27N3O5/c1-22(2,3)25-21(29)17-13-16(9-10-23-17)24-19(26)12-15-11-14(6-8-20(27)28)5-7-18(15)30-4/h5,7,9-11,13H,6,8,12H2,1-4H3,(H,25,29)(H,27,28)(H,23,24,26). The Morgan fingerprint density at radius 2 is 1.87 bits per heavy atom. The third-order valence-electron chi connectivity index (χ3n) is 4.09. The van der Waals surface area contributed by atoms with Gasteiger partial charge in [0, 0.05) is 29.4 Å². The summed E-state index contributed by atoms with van der Waals surface area (Å²) >= 11 is 0. The van der Waals surface area contributed by atoms with Crippen molar-refractivity contribution in [1.29, 1.82) is 0 Å². The fourth-order valence-corrected chi connectivity index (χ4v) is 2.79. The molecule has 3 N–H and O–H groups in total. The van der Waals surface area contributed by atoms with Crippen molar-refractivity contribution in [2.75, 3.05) is 12.4 Å². The lowest BCUT2D eigenvalue weighted by atomic mass is 10.0. The second-order valence-electron chi connectivity index (χ2n) is 7.90. The summed E-state index contributed by atoms with van der Waals surface area (Å²) in [6, 6.07) is 8.40. The number of hydrogen-bond donors (Lipinski definition) is 3. The molecule has 160 valence electrons. The predicted octanol–water partition coefficient (Wildman–Crippen LogP) is 2.82. The Labute approximate surface area is 175 Å². The molecule has 0 fully saturated rings. The molecule has 0 atom stereocenters. The summed E-state index contributed by atoms with van der Waals surface area (Å²) in [6.45, 7) is 5.61. The van der Waals surface area contributed by atoms with Crippen molar-refractivity contribution in [3.05, 3.63) is 53.3 Å². The topological polar surface area (TPSA) is 118 Å². The van der Waals surface area contributed by atoms with E-state index in [0.717, 1.165) is 5.56 Å². The lowest BCUT2D eigenvalue weighted by Crippen LogP contribution is -2.40. The van der Waals surface area contributed by atoms with Crippen molar-refractivity contribution >= 4 is 23.5 Å². The molecule has 8 heteroatoms. The maximum absolute atomic E-state index is 12.6. The molecule has 30 heavy (non-hydrogen) atoms. The predicted molar refractivity (Wildman–Crippen MR) is 113 cm³/mol. The number of carbonyl (C=O) groups excluding carboxylic acids is 2. The number of aryl methyl sites for hydroxylation is 1. The molecular formula is C22H27N3O5. The molecule has 0 unspecified atom stereocenters. The highest BCUT2D eigenvalue weighted by Gasteiger charge is 2.17. The smallest absolute Gasteiger partial charge is 0.303 e. The van der Waals surface area contributed by atoms with Crippen LogP contribution in [0.3, 0.4) is 0 Å². The van der Waals surface area contributed by atoms with Crippen molar-refractivity contribution in [3.8, 4) is 5.75 Å². The first-order valence-electron chi connectivity index (χ1n) is 9.53. The Balaban J connectivity index is 2.10. The first-order chi connectivity index (χ1) is 14.1. The lowest BCUT2D eigenvalue weighted by Gasteiger charge is -2.20. The molecular weight excluding hydrogens is 386 g/mol. The quantitative estimate of drug-likeness (QED) is 0.613. The van der Waals surface area contributed by atoms with Crippen LogP contribution >= 0.6 is 0 Å². The summed E-state index contributed by atoms with van der Waals surface area (Å²) in [5.74, 6) is -0.957. The minimum Gasteiger partial charge on any atom is -0.496 e. The van der Waals surface area contributed by atoms with Gasteiger partial charge in [-0.1, -0.05) is 12.1 Å². The number of anilines is 1. The van der Waals surface area contributed by atoms with Crippen molar-refractivity contribution in [3.63, 3.8) is 0 Å². The lowest BCUT2D eigenvalue weighted by molar-refractivity contribution is -0.137. The molecule has 0 aliphatic carbocycles. The van der Waals surface area contributed by atoms with Crippen molar-refractivity contribution in [2.45, 2.75) is 45.6 Å². The molecule has 0 bridgehead atoms. The maximum atomic E-state index is 12.6. The maximum Gasteiger partial charge on any atom is 0.303 e. The zero-order valence-corrected chi connectivity index (χ0v) is 17.6. The monoisotopic (exact) mass is 413 g/mol. The fourth-order valence-electron chi connectivity index (χ4n) is 2.79. The second-order valence-corrected chi connectivity index (χ2v) is 7.90. The van der Waals surface area contributed by atoms with Gasteiger partial charge in [-0.05, 0) is 51.0 Å². The number of carboxylic acid groups (broad SMARTS) is 1. The number of hydrogen-bond acceptors (Lipinski definition) is 5. The number of pyridine rings is 1. The Morgan fingerprint density at radius 3 is 2.50 bits per heavy atom. The molecule has 0 saturated carbocycles. The Kier molecular flexibility index (Phi) is 7.52. The van der Waals surface area contributed by atoms with Gasteiger partial charge < -0.3 is 20.5 Å². The summed E-state index contributed by atoms with van der Waals surface area (Å²) in [5.41, 5.74) is 1.72. The number of rotatable bonds is 8. The highest BCUT2D eigenvalue weighted by molar-refractivity contribution is 5.96. The SMILES string of the molecule is COc1ccc(CCC(=O)O)cc1CC(=O)Nc1ccnc(C(=O)NC(C)(C)C)c1. The Hall–Kier alpha value is -3.42. The van der Waals surface area contributed by atoms with Gasteiger partial charge in [-0.15, -0.1) is 0 Å². The van der Waals surface area contributed by atoms with E-state index in [1.165, 1.54) is 19.4 Å². The van der Waals surface area contributed by atoms with E-state index in [0.29, 0.717) is 23.4 Å². The molecule has 1 heterocycles. The average molecular weight is 413 g/mol. The molecule has 1 aromatic heterocycles. The highest BCUT2D eigenvalue weighted by Crippen LogP contribution is 2.22. The minimum absolute atomic E-state index is 0.00832. The van der Waals surface area contributed by atoms with Crippen LogP contribution in [-0.2, 0) is 22.4 Å². The Morgan fingerprint density at radius 1 is 1.13 bits per heavy atom. The molecule has 0 radical (unpaired) electrons. The van der Waals surface area contributed by atoms with Crippen LogP contribution in [-0.4, -0.2) is 40.5 Å². The normalized spacial score (nSPS) is 10.9. The summed E-state index contributed by atoms with van der Waals surface area (Å²) < 4.78 is 5.31. The van der Waals surface area contributed by atoms with Gasteiger partial charge in [0.25, 0.3) is 5.91 Å². The minimum atomic E-state index is -0.880. The summed E-state index contributed by atoms with van der Waals surface area (Å²) in [7, 11) is 1.51. The van der Waals surface area contributed by atoms with Crippen LogP contribution in [0.4, 0.5) is 5.69 Å². The summed E-state index contributed by atoms with van der Waals surface area (Å²) in [6.07, 6.45) is 1.87. The van der Waals surface area contributed by atoms with Crippen molar-refractivity contribution in [1.82, 2.24) is 10.3 Å². The molecule has 1 aromatic carbocycles. The van der Waals surface area contributed by atoms with E-state index in [4.69, 9.17) is 9.84 Å². The number of aliphatic carboxylic acids is 1. The van der Waals surface area contributed by atoms with E-state index in [2.05, 4.69) is 15.6 Å². The highest BCUT2D eigenvalue weighted by atomic mass is 16.5. The van der Waals surface area contributed by atoms with Crippen LogP contribution in [0.1, 0.15) is 48.8 Å². The molecule has 2 amide bonds. The van der Waals surface area contributed by atoms with Crippen LogP contribution in [0, 0.1) is 0 Å². The van der Waals surface area contributed by atoms with Gasteiger partial charge in [-0.3, -0.25) is 19.4 Å². The largest absolute Gasteiger partial charge is 0.496 e. The zero-order chi connectivity index (χ0) is 22.3. The number of methoxy groups -OCH3 is 1. The average Bonchev–Trinajstić information content (AvgIpc) is 2.65. The van der Waals surface area contributed by atoms with Crippen LogP contribution in [0.15, 0.2) is 36.5 Å². The van der Waals surface area contributed by atoms with E-state index >= 15 is 0 Å². The van der Waals surface area contributed by atoms with Crippen molar-refractivity contribution < 1.29 is 24.2 Å². The first kappa shape index (κ1) is 22.9. The number of nitrogens with one attached hydrogen (secondary N) is 2. The Bertz CT molecular complexity index is 935. The molecule has 0 aliphatic rings. The number of carbonyl (C=O) groups is 3. The third kappa shape index (κ3) is 7.20. The van der Waals surface area contributed by atoms with Gasteiger partial charge in [0.2, 0.25) is 5.91 Å². The van der Waals surface area contributed by atoms with Gasteiger partial charge in [0.15, 0.2) is 0 Å². The van der Waals surface area contributed by atoms with Gasteiger partial charge >= 0.3 is 5.97 Å². The van der Waals surface area contributed by atoms with Crippen LogP contribution in [0.5, 0.6) is 5.75 Å². The number of nitrogens with zero attached hydrogens (tertiary/aromatic N) is 1. The van der Waals surface area contributed by atoms with Gasteiger partial charge in [0.1, 0.15) is 11.4 Å². The molecule has 2 aromatic rings. The van der Waals surface area contributed by atoms with Gasteiger partial charge in [-0.2, -0.15) is 0 Å². The van der Waals surface area contributed by atoms with E-state index in [1.807, 2.05) is 20.8 Å².